The molecule has 0 aliphatic heterocycles. The number of sulfonamides is 1. The van der Waals surface area contributed by atoms with Crippen LogP contribution >= 0.6 is 34.3 Å². The highest BCUT2D eigenvalue weighted by Gasteiger charge is 2.24. The van der Waals surface area contributed by atoms with Crippen molar-refractivity contribution in [3.8, 4) is 0 Å². The summed E-state index contributed by atoms with van der Waals surface area (Å²) in [6, 6.07) is 2.98. The first-order valence-electron chi connectivity index (χ1n) is 8.82. The molecule has 0 aromatic carbocycles. The quantitative estimate of drug-likeness (QED) is 0.630. The largest absolute Gasteiger partial charge is 0.355 e. The Bertz CT molecular complexity index is 884. The highest BCUT2D eigenvalue weighted by molar-refractivity contribution is 7.91. The summed E-state index contributed by atoms with van der Waals surface area (Å²) in [4.78, 5) is 18.2. The second kappa shape index (κ2) is 9.00. The summed E-state index contributed by atoms with van der Waals surface area (Å²) in [6.07, 6.45) is 6.31. The average molecular weight is 448 g/mol. The second-order valence-corrected chi connectivity index (χ2v) is 11.6. The molecule has 1 aliphatic rings. The molecule has 0 spiro atoms. The van der Waals surface area contributed by atoms with Gasteiger partial charge >= 0.3 is 0 Å². The van der Waals surface area contributed by atoms with Crippen molar-refractivity contribution in [1.29, 1.82) is 0 Å². The highest BCUT2D eigenvalue weighted by atomic mass is 35.5. The smallest absolute Gasteiger partial charge is 0.252 e. The molecule has 0 bridgehead atoms. The SMILES string of the molecule is CN(CC(=O)NCCCc1nc2c(s1)CCCC2)S(=O)(=O)c1ccc(Cl)s1. The van der Waals surface area contributed by atoms with Gasteiger partial charge in [-0.05, 0) is 44.2 Å². The van der Waals surface area contributed by atoms with Gasteiger partial charge in [-0.25, -0.2) is 13.4 Å². The average Bonchev–Trinajstić information content (AvgIpc) is 3.24. The van der Waals surface area contributed by atoms with Gasteiger partial charge in [0.2, 0.25) is 5.91 Å². The third-order valence-corrected chi connectivity index (χ3v) is 9.08. The van der Waals surface area contributed by atoms with Crippen LogP contribution in [0.25, 0.3) is 0 Å². The van der Waals surface area contributed by atoms with Crippen LogP contribution in [0, 0.1) is 0 Å². The van der Waals surface area contributed by atoms with Gasteiger partial charge in [-0.2, -0.15) is 4.31 Å². The zero-order valence-electron chi connectivity index (χ0n) is 15.0. The standard InChI is InChI=1S/C17H22ClN3O3S3/c1-21(27(23,24)17-9-8-14(18)26-17)11-15(22)19-10-4-7-16-20-12-5-2-3-6-13(12)25-16/h8-9H,2-7,10-11H2,1H3,(H,19,22). The third-order valence-electron chi connectivity index (χ3n) is 4.36. The van der Waals surface area contributed by atoms with Gasteiger partial charge in [0.25, 0.3) is 10.0 Å². The van der Waals surface area contributed by atoms with E-state index in [1.165, 1.54) is 42.6 Å². The molecule has 1 aliphatic carbocycles. The molecule has 3 rings (SSSR count). The summed E-state index contributed by atoms with van der Waals surface area (Å²) in [5.74, 6) is -0.317. The molecule has 0 atom stereocenters. The van der Waals surface area contributed by atoms with E-state index in [-0.39, 0.29) is 16.7 Å². The predicted octanol–water partition coefficient (Wildman–Crippen LogP) is 3.11. The van der Waals surface area contributed by atoms with Gasteiger partial charge < -0.3 is 5.32 Å². The maximum Gasteiger partial charge on any atom is 0.252 e. The number of nitrogens with zero attached hydrogens (tertiary/aromatic N) is 2. The van der Waals surface area contributed by atoms with E-state index in [2.05, 4.69) is 5.32 Å². The Kier molecular flexibility index (Phi) is 6.91. The van der Waals surface area contributed by atoms with Gasteiger partial charge in [0.05, 0.1) is 21.6 Å². The first-order chi connectivity index (χ1) is 12.9. The van der Waals surface area contributed by atoms with Crippen molar-refractivity contribution in [3.63, 3.8) is 0 Å². The Hall–Kier alpha value is -1.000. The molecule has 2 heterocycles. The molecular formula is C17H22ClN3O3S3. The van der Waals surface area contributed by atoms with Crippen LogP contribution in [-0.2, 0) is 34.1 Å². The van der Waals surface area contributed by atoms with Crippen LogP contribution < -0.4 is 5.32 Å². The van der Waals surface area contributed by atoms with Crippen molar-refractivity contribution in [2.24, 2.45) is 0 Å². The molecule has 2 aromatic rings. The summed E-state index contributed by atoms with van der Waals surface area (Å²) in [5.41, 5.74) is 1.26. The summed E-state index contributed by atoms with van der Waals surface area (Å²) < 4.78 is 26.3. The van der Waals surface area contributed by atoms with E-state index in [0.29, 0.717) is 10.9 Å². The van der Waals surface area contributed by atoms with Crippen molar-refractivity contribution in [1.82, 2.24) is 14.6 Å². The number of amides is 1. The Morgan fingerprint density at radius 3 is 2.78 bits per heavy atom. The molecule has 10 heteroatoms. The number of aromatic nitrogens is 1. The zero-order chi connectivity index (χ0) is 19.4. The Morgan fingerprint density at radius 2 is 2.07 bits per heavy atom. The van der Waals surface area contributed by atoms with E-state index in [1.807, 2.05) is 0 Å². The molecule has 1 N–H and O–H groups in total. The molecule has 1 amide bonds. The molecule has 0 radical (unpaired) electrons. The van der Waals surface area contributed by atoms with E-state index in [1.54, 1.807) is 11.3 Å². The third kappa shape index (κ3) is 5.29. The van der Waals surface area contributed by atoms with Crippen LogP contribution in [0.1, 0.15) is 34.8 Å². The van der Waals surface area contributed by atoms with Crippen LogP contribution in [0.5, 0.6) is 0 Å². The van der Waals surface area contributed by atoms with Crippen LogP contribution in [0.4, 0.5) is 0 Å². The highest BCUT2D eigenvalue weighted by Crippen LogP contribution is 2.28. The number of aryl methyl sites for hydroxylation is 3. The van der Waals surface area contributed by atoms with E-state index < -0.39 is 10.0 Å². The normalized spacial score (nSPS) is 14.3. The first-order valence-corrected chi connectivity index (χ1v) is 12.3. The number of hydrogen-bond donors (Lipinski definition) is 1. The lowest BCUT2D eigenvalue weighted by molar-refractivity contribution is -0.121. The molecule has 2 aromatic heterocycles. The molecular weight excluding hydrogens is 426 g/mol. The molecule has 0 unspecified atom stereocenters. The topological polar surface area (TPSA) is 79.4 Å². The minimum absolute atomic E-state index is 0.135. The number of hydrogen-bond acceptors (Lipinski definition) is 6. The number of fused-ring (bicyclic) bond motifs is 1. The van der Waals surface area contributed by atoms with Crippen LogP contribution in [0.2, 0.25) is 4.34 Å². The number of likely N-dealkylation sites (N-methyl/N-ethyl adjacent to an activating group) is 1. The van der Waals surface area contributed by atoms with Gasteiger partial charge in [0.1, 0.15) is 4.21 Å². The lowest BCUT2D eigenvalue weighted by Gasteiger charge is -2.15. The Morgan fingerprint density at radius 1 is 1.30 bits per heavy atom. The summed E-state index contributed by atoms with van der Waals surface area (Å²) in [5, 5.41) is 3.91. The van der Waals surface area contributed by atoms with Crippen LogP contribution in [0.3, 0.4) is 0 Å². The molecule has 27 heavy (non-hydrogen) atoms. The van der Waals surface area contributed by atoms with E-state index >= 15 is 0 Å². The van der Waals surface area contributed by atoms with E-state index in [4.69, 9.17) is 16.6 Å². The Balaban J connectivity index is 1.42. The lowest BCUT2D eigenvalue weighted by atomic mass is 10.0. The van der Waals surface area contributed by atoms with Gasteiger partial charge in [0, 0.05) is 24.9 Å². The maximum atomic E-state index is 12.4. The molecule has 0 fully saturated rings. The van der Waals surface area contributed by atoms with Crippen LogP contribution in [0.15, 0.2) is 16.3 Å². The van der Waals surface area contributed by atoms with Gasteiger partial charge in [-0.3, -0.25) is 4.79 Å². The summed E-state index contributed by atoms with van der Waals surface area (Å²) in [6.45, 7) is 0.283. The number of carbonyl (C=O) groups is 1. The first kappa shape index (κ1) is 20.7. The summed E-state index contributed by atoms with van der Waals surface area (Å²) in [7, 11) is -2.30. The van der Waals surface area contributed by atoms with Crippen LogP contribution in [-0.4, -0.2) is 43.8 Å². The number of thiophene rings is 1. The monoisotopic (exact) mass is 447 g/mol. The number of nitrogens with one attached hydrogen (secondary N) is 1. The number of carbonyl (C=O) groups excluding carboxylic acids is 1. The van der Waals surface area contributed by atoms with Gasteiger partial charge in [-0.15, -0.1) is 22.7 Å². The number of rotatable bonds is 8. The minimum atomic E-state index is -3.69. The number of halogens is 1. The molecule has 6 nitrogen and oxygen atoms in total. The fourth-order valence-electron chi connectivity index (χ4n) is 2.91. The van der Waals surface area contributed by atoms with Crippen molar-refractivity contribution in [3.05, 3.63) is 32.0 Å². The molecule has 0 saturated heterocycles. The van der Waals surface area contributed by atoms with E-state index in [9.17, 15) is 13.2 Å². The lowest BCUT2D eigenvalue weighted by Crippen LogP contribution is -2.38. The second-order valence-electron chi connectivity index (χ2n) is 6.46. The minimum Gasteiger partial charge on any atom is -0.355 e. The zero-order valence-corrected chi connectivity index (χ0v) is 18.2. The number of thiazole rings is 1. The Labute approximate surface area is 172 Å². The predicted molar refractivity (Wildman–Crippen MR) is 109 cm³/mol. The van der Waals surface area contributed by atoms with Crippen molar-refractivity contribution >= 4 is 50.2 Å². The van der Waals surface area contributed by atoms with Crippen molar-refractivity contribution in [2.75, 3.05) is 20.1 Å². The van der Waals surface area contributed by atoms with Gasteiger partial charge in [-0.1, -0.05) is 11.6 Å². The van der Waals surface area contributed by atoms with Crippen molar-refractivity contribution in [2.45, 2.75) is 42.7 Å². The maximum absolute atomic E-state index is 12.4. The fraction of sp³-hybridized carbons (Fsp3) is 0.529. The van der Waals surface area contributed by atoms with Gasteiger partial charge in [0.15, 0.2) is 0 Å². The van der Waals surface area contributed by atoms with Crippen molar-refractivity contribution < 1.29 is 13.2 Å². The fourth-order valence-corrected chi connectivity index (χ4v) is 6.93. The summed E-state index contributed by atoms with van der Waals surface area (Å²) >= 11 is 8.56. The molecule has 148 valence electrons. The molecule has 0 saturated carbocycles. The van der Waals surface area contributed by atoms with E-state index in [0.717, 1.165) is 46.3 Å².